The number of hydrogen-bond acceptors (Lipinski definition) is 7. The van der Waals surface area contributed by atoms with Gasteiger partial charge in [-0.3, -0.25) is 19.2 Å². The molecule has 10 heteroatoms. The third kappa shape index (κ3) is 5.88. The number of piperazine rings is 1. The van der Waals surface area contributed by atoms with Gasteiger partial charge in [-0.25, -0.2) is 4.98 Å². The van der Waals surface area contributed by atoms with Gasteiger partial charge in [0.2, 0.25) is 5.91 Å². The summed E-state index contributed by atoms with van der Waals surface area (Å²) in [5.74, 6) is -0.249. The first-order valence-electron chi connectivity index (χ1n) is 14.0. The number of thiazole rings is 1. The van der Waals surface area contributed by atoms with Crippen molar-refractivity contribution in [3.8, 4) is 0 Å². The molecule has 5 rings (SSSR count). The second-order valence-corrected chi connectivity index (χ2v) is 12.5. The number of amides is 3. The van der Waals surface area contributed by atoms with Crippen LogP contribution in [0.4, 0.5) is 0 Å². The zero-order valence-electron chi connectivity index (χ0n) is 23.1. The summed E-state index contributed by atoms with van der Waals surface area (Å²) < 4.78 is 6.58. The maximum absolute atomic E-state index is 13.9. The van der Waals surface area contributed by atoms with Gasteiger partial charge in [-0.1, -0.05) is 39.8 Å². The summed E-state index contributed by atoms with van der Waals surface area (Å²) in [6, 6.07) is 7.22. The average molecular weight is 555 g/mol. The predicted octanol–water partition coefficient (Wildman–Crippen LogP) is 4.09. The molecular formula is C29H38N4O5S. The van der Waals surface area contributed by atoms with E-state index in [1.807, 2.05) is 43.0 Å². The lowest BCUT2D eigenvalue weighted by atomic mass is 9.93. The SMILES string of the molecule is CC(C)C[C@H]1ON(C(=O)/C=C/c2nc3ccccc3s2)[C@H]2CN(C3CCOCC3)C(=O)[C@H](CC(C)C)N2C1=O. The monoisotopic (exact) mass is 554 g/mol. The molecule has 3 amide bonds. The van der Waals surface area contributed by atoms with E-state index in [0.29, 0.717) is 31.1 Å². The quantitative estimate of drug-likeness (QED) is 0.479. The number of benzene rings is 1. The summed E-state index contributed by atoms with van der Waals surface area (Å²) in [5.41, 5.74) is 0.881. The third-order valence-electron chi connectivity index (χ3n) is 7.53. The molecule has 210 valence electrons. The molecule has 1 aromatic heterocycles. The number of hydroxylamine groups is 2. The van der Waals surface area contributed by atoms with Gasteiger partial charge in [0, 0.05) is 25.3 Å². The van der Waals surface area contributed by atoms with Crippen molar-refractivity contribution in [1.82, 2.24) is 19.8 Å². The summed E-state index contributed by atoms with van der Waals surface area (Å²) in [4.78, 5) is 55.7. The highest BCUT2D eigenvalue weighted by Crippen LogP contribution is 2.34. The number of para-hydroxylation sites is 1. The Morgan fingerprint density at radius 2 is 1.79 bits per heavy atom. The van der Waals surface area contributed by atoms with E-state index in [2.05, 4.69) is 18.8 Å². The number of hydrogen-bond donors (Lipinski definition) is 0. The van der Waals surface area contributed by atoms with Crippen molar-refractivity contribution < 1.29 is 24.0 Å². The molecule has 39 heavy (non-hydrogen) atoms. The van der Waals surface area contributed by atoms with Gasteiger partial charge in [0.15, 0.2) is 12.3 Å². The van der Waals surface area contributed by atoms with Gasteiger partial charge >= 0.3 is 0 Å². The molecule has 0 bridgehead atoms. The number of rotatable bonds is 7. The molecule has 3 fully saturated rings. The van der Waals surface area contributed by atoms with E-state index >= 15 is 0 Å². The molecule has 1 aromatic carbocycles. The van der Waals surface area contributed by atoms with Crippen LogP contribution in [0.1, 0.15) is 58.4 Å². The Hall–Kier alpha value is -2.82. The van der Waals surface area contributed by atoms with Crippen LogP contribution < -0.4 is 0 Å². The van der Waals surface area contributed by atoms with Gasteiger partial charge in [0.05, 0.1) is 16.8 Å². The zero-order chi connectivity index (χ0) is 27.7. The smallest absolute Gasteiger partial charge is 0.272 e. The number of carbonyl (C=O) groups excluding carboxylic acids is 3. The molecule has 3 aliphatic rings. The maximum Gasteiger partial charge on any atom is 0.272 e. The van der Waals surface area contributed by atoms with E-state index in [-0.39, 0.29) is 42.1 Å². The standard InChI is InChI=1S/C29H38N4O5S/c1-18(2)15-22-28(35)31(20-11-13-37-14-12-20)17-26-32(22)29(36)23(16-19(3)4)38-33(26)27(34)10-9-25-30-21-7-5-6-8-24(21)39-25/h5-10,18-20,22-23,26H,11-17H2,1-4H3/b10-9+/t22-,23+,26-/m0/s1. The van der Waals surface area contributed by atoms with Crippen molar-refractivity contribution in [3.05, 3.63) is 35.3 Å². The highest BCUT2D eigenvalue weighted by atomic mass is 32.1. The molecule has 9 nitrogen and oxygen atoms in total. The lowest BCUT2D eigenvalue weighted by molar-refractivity contribution is -0.275. The lowest BCUT2D eigenvalue weighted by Gasteiger charge is -2.54. The Labute approximate surface area is 233 Å². The molecule has 0 spiro atoms. The van der Waals surface area contributed by atoms with Crippen LogP contribution in [-0.2, 0) is 24.0 Å². The first kappa shape index (κ1) is 27.7. The highest BCUT2D eigenvalue weighted by Gasteiger charge is 2.53. The molecule has 2 aromatic rings. The Bertz CT molecular complexity index is 1200. The molecule has 3 atom stereocenters. The number of carbonyl (C=O) groups is 3. The number of nitrogens with zero attached hydrogens (tertiary/aromatic N) is 4. The van der Waals surface area contributed by atoms with Gasteiger partial charge in [0.1, 0.15) is 11.0 Å². The molecule has 0 N–H and O–H groups in total. The Morgan fingerprint density at radius 3 is 2.49 bits per heavy atom. The van der Waals surface area contributed by atoms with Crippen LogP contribution in [0.3, 0.4) is 0 Å². The van der Waals surface area contributed by atoms with Gasteiger partial charge in [-0.2, -0.15) is 5.06 Å². The molecule has 0 radical (unpaired) electrons. The van der Waals surface area contributed by atoms with Crippen molar-refractivity contribution in [2.75, 3.05) is 19.8 Å². The maximum atomic E-state index is 13.9. The van der Waals surface area contributed by atoms with E-state index in [1.165, 1.54) is 22.5 Å². The number of fused-ring (bicyclic) bond motifs is 2. The van der Waals surface area contributed by atoms with E-state index in [1.54, 1.807) is 11.0 Å². The summed E-state index contributed by atoms with van der Waals surface area (Å²) >= 11 is 1.51. The first-order valence-corrected chi connectivity index (χ1v) is 14.8. The van der Waals surface area contributed by atoms with E-state index in [0.717, 1.165) is 23.1 Å². The Kier molecular flexibility index (Phi) is 8.35. The fraction of sp³-hybridized carbons (Fsp3) is 0.586. The second kappa shape index (κ2) is 11.7. The average Bonchev–Trinajstić information content (AvgIpc) is 3.33. The number of ether oxygens (including phenoxy) is 1. The predicted molar refractivity (Wildman–Crippen MR) is 149 cm³/mol. The highest BCUT2D eigenvalue weighted by molar-refractivity contribution is 7.19. The number of aromatic nitrogens is 1. The minimum Gasteiger partial charge on any atom is -0.381 e. The normalized spacial score (nSPS) is 25.0. The van der Waals surface area contributed by atoms with Gasteiger partial charge in [-0.15, -0.1) is 11.3 Å². The molecule has 0 saturated carbocycles. The van der Waals surface area contributed by atoms with Crippen molar-refractivity contribution in [1.29, 1.82) is 0 Å². The fourth-order valence-electron chi connectivity index (χ4n) is 5.71. The van der Waals surface area contributed by atoms with Gasteiger partial charge in [-0.05, 0) is 55.7 Å². The molecular weight excluding hydrogens is 516 g/mol. The zero-order valence-corrected chi connectivity index (χ0v) is 23.9. The largest absolute Gasteiger partial charge is 0.381 e. The van der Waals surface area contributed by atoms with Crippen molar-refractivity contribution in [2.24, 2.45) is 11.8 Å². The minimum atomic E-state index is -0.821. The Balaban J connectivity index is 1.47. The lowest BCUT2D eigenvalue weighted by Crippen LogP contribution is -2.74. The van der Waals surface area contributed by atoms with Crippen LogP contribution in [0, 0.1) is 11.8 Å². The van der Waals surface area contributed by atoms with E-state index < -0.39 is 18.3 Å². The topological polar surface area (TPSA) is 92.3 Å². The van der Waals surface area contributed by atoms with Crippen LogP contribution in [0.15, 0.2) is 30.3 Å². The summed E-state index contributed by atoms with van der Waals surface area (Å²) in [5, 5.41) is 2.05. The first-order chi connectivity index (χ1) is 18.7. The van der Waals surface area contributed by atoms with Crippen molar-refractivity contribution in [3.63, 3.8) is 0 Å². The summed E-state index contributed by atoms with van der Waals surface area (Å²) in [6.45, 7) is 9.54. The Morgan fingerprint density at radius 1 is 1.08 bits per heavy atom. The van der Waals surface area contributed by atoms with Crippen molar-refractivity contribution >= 4 is 45.4 Å². The van der Waals surface area contributed by atoms with E-state index in [9.17, 15) is 14.4 Å². The van der Waals surface area contributed by atoms with Gasteiger partial charge < -0.3 is 14.5 Å². The van der Waals surface area contributed by atoms with Crippen molar-refractivity contribution in [2.45, 2.75) is 77.7 Å². The molecule has 0 aliphatic carbocycles. The van der Waals surface area contributed by atoms with E-state index in [4.69, 9.17) is 9.57 Å². The van der Waals surface area contributed by atoms with Crippen LogP contribution in [0.25, 0.3) is 16.3 Å². The van der Waals surface area contributed by atoms with Crippen LogP contribution in [-0.4, -0.2) is 81.7 Å². The van der Waals surface area contributed by atoms with Crippen LogP contribution in [0.2, 0.25) is 0 Å². The molecule has 3 saturated heterocycles. The second-order valence-electron chi connectivity index (χ2n) is 11.4. The molecule has 3 aliphatic heterocycles. The van der Waals surface area contributed by atoms with Crippen LogP contribution >= 0.6 is 11.3 Å². The third-order valence-corrected chi connectivity index (χ3v) is 8.54. The van der Waals surface area contributed by atoms with Gasteiger partial charge in [0.25, 0.3) is 11.8 Å². The molecule has 4 heterocycles. The minimum absolute atomic E-state index is 0.0156. The fourth-order valence-corrected chi connectivity index (χ4v) is 6.58. The summed E-state index contributed by atoms with van der Waals surface area (Å²) in [7, 11) is 0. The molecule has 0 unspecified atom stereocenters. The summed E-state index contributed by atoms with van der Waals surface area (Å²) in [6.07, 6.45) is 4.11. The van der Waals surface area contributed by atoms with Crippen LogP contribution in [0.5, 0.6) is 0 Å².